The van der Waals surface area contributed by atoms with Crippen molar-refractivity contribution >= 4 is 0 Å². The van der Waals surface area contributed by atoms with E-state index in [2.05, 4.69) is 27.5 Å². The maximum atomic E-state index is 8.42. The van der Waals surface area contributed by atoms with Gasteiger partial charge < -0.3 is 5.32 Å². The van der Waals surface area contributed by atoms with E-state index in [4.69, 9.17) is 5.53 Å². The van der Waals surface area contributed by atoms with Crippen molar-refractivity contribution in [1.82, 2.24) is 5.32 Å². The summed E-state index contributed by atoms with van der Waals surface area (Å²) in [5.74, 6) is 0. The topological polar surface area (TPSA) is 60.8 Å². The molecule has 4 heteroatoms. The summed E-state index contributed by atoms with van der Waals surface area (Å²) in [6.07, 6.45) is 0. The van der Waals surface area contributed by atoms with Gasteiger partial charge in [-0.2, -0.15) is 0 Å². The summed E-state index contributed by atoms with van der Waals surface area (Å²) < 4.78 is 0. The van der Waals surface area contributed by atoms with E-state index < -0.39 is 0 Å². The standard InChI is InChI=1S/C12H18N4/c1-10(15-16-13)12(2,3)14-9-11-7-5-4-6-8-11/h4-8,10,14H,9H2,1-3H3. The number of azide groups is 1. The van der Waals surface area contributed by atoms with Gasteiger partial charge in [0, 0.05) is 17.0 Å². The molecule has 1 atom stereocenters. The molecule has 0 heterocycles. The van der Waals surface area contributed by atoms with Crippen LogP contribution in [0, 0.1) is 0 Å². The molecular weight excluding hydrogens is 200 g/mol. The molecule has 0 aromatic heterocycles. The van der Waals surface area contributed by atoms with E-state index in [1.807, 2.05) is 39.0 Å². The van der Waals surface area contributed by atoms with Gasteiger partial charge in [-0.25, -0.2) is 0 Å². The Hall–Kier alpha value is -1.51. The number of hydrogen-bond acceptors (Lipinski definition) is 2. The fourth-order valence-corrected chi connectivity index (χ4v) is 1.30. The van der Waals surface area contributed by atoms with Crippen molar-refractivity contribution < 1.29 is 0 Å². The molecule has 16 heavy (non-hydrogen) atoms. The van der Waals surface area contributed by atoms with Crippen LogP contribution in [0.15, 0.2) is 35.4 Å². The summed E-state index contributed by atoms with van der Waals surface area (Å²) in [5.41, 5.74) is 9.44. The molecule has 86 valence electrons. The van der Waals surface area contributed by atoms with Crippen LogP contribution in [-0.4, -0.2) is 11.6 Å². The van der Waals surface area contributed by atoms with Crippen LogP contribution in [0.3, 0.4) is 0 Å². The predicted molar refractivity (Wildman–Crippen MR) is 66.0 cm³/mol. The summed E-state index contributed by atoms with van der Waals surface area (Å²) in [6, 6.07) is 10.1. The molecule has 0 saturated heterocycles. The van der Waals surface area contributed by atoms with Crippen molar-refractivity contribution in [3.63, 3.8) is 0 Å². The van der Waals surface area contributed by atoms with Crippen molar-refractivity contribution in [3.8, 4) is 0 Å². The van der Waals surface area contributed by atoms with Crippen molar-refractivity contribution in [2.45, 2.75) is 38.9 Å². The minimum Gasteiger partial charge on any atom is -0.307 e. The van der Waals surface area contributed by atoms with Gasteiger partial charge in [0.25, 0.3) is 0 Å². The molecule has 0 aliphatic heterocycles. The number of rotatable bonds is 5. The highest BCUT2D eigenvalue weighted by atomic mass is 15.2. The van der Waals surface area contributed by atoms with Crippen LogP contribution in [-0.2, 0) is 6.54 Å². The zero-order chi connectivity index (χ0) is 12.0. The summed E-state index contributed by atoms with van der Waals surface area (Å²) >= 11 is 0. The van der Waals surface area contributed by atoms with Crippen molar-refractivity contribution in [2.24, 2.45) is 5.11 Å². The Morgan fingerprint density at radius 2 is 2.00 bits per heavy atom. The summed E-state index contributed by atoms with van der Waals surface area (Å²) in [6.45, 7) is 6.77. The first-order valence-electron chi connectivity index (χ1n) is 5.39. The van der Waals surface area contributed by atoms with E-state index in [-0.39, 0.29) is 11.6 Å². The van der Waals surface area contributed by atoms with Crippen molar-refractivity contribution in [2.75, 3.05) is 0 Å². The molecule has 1 unspecified atom stereocenters. The molecule has 1 N–H and O–H groups in total. The molecule has 0 amide bonds. The number of hydrogen-bond donors (Lipinski definition) is 1. The van der Waals surface area contributed by atoms with E-state index >= 15 is 0 Å². The van der Waals surface area contributed by atoms with Gasteiger partial charge in [0.2, 0.25) is 0 Å². The second-order valence-corrected chi connectivity index (χ2v) is 4.44. The molecular formula is C12H18N4. The molecule has 1 aromatic carbocycles. The molecule has 0 bridgehead atoms. The Bertz CT molecular complexity index is 366. The quantitative estimate of drug-likeness (QED) is 0.460. The van der Waals surface area contributed by atoms with Gasteiger partial charge in [0.15, 0.2) is 0 Å². The lowest BCUT2D eigenvalue weighted by molar-refractivity contribution is 0.331. The Morgan fingerprint density at radius 1 is 1.38 bits per heavy atom. The zero-order valence-electron chi connectivity index (χ0n) is 10.0. The lowest BCUT2D eigenvalue weighted by Gasteiger charge is -2.30. The first kappa shape index (κ1) is 12.6. The molecule has 0 aliphatic rings. The smallest absolute Gasteiger partial charge is 0.0522 e. The van der Waals surface area contributed by atoms with Crippen LogP contribution < -0.4 is 5.32 Å². The highest BCUT2D eigenvalue weighted by Crippen LogP contribution is 2.13. The summed E-state index contributed by atoms with van der Waals surface area (Å²) in [7, 11) is 0. The molecule has 0 saturated carbocycles. The van der Waals surface area contributed by atoms with Crippen LogP contribution in [0.4, 0.5) is 0 Å². The fraction of sp³-hybridized carbons (Fsp3) is 0.500. The summed E-state index contributed by atoms with van der Waals surface area (Å²) in [5, 5.41) is 7.12. The van der Waals surface area contributed by atoms with Crippen LogP contribution in [0.1, 0.15) is 26.3 Å². The molecule has 0 aliphatic carbocycles. The average molecular weight is 218 g/mol. The predicted octanol–water partition coefficient (Wildman–Crippen LogP) is 3.25. The molecule has 0 spiro atoms. The van der Waals surface area contributed by atoms with Crippen molar-refractivity contribution in [1.29, 1.82) is 0 Å². The number of benzene rings is 1. The molecule has 1 aromatic rings. The van der Waals surface area contributed by atoms with Gasteiger partial charge in [-0.1, -0.05) is 42.4 Å². The maximum Gasteiger partial charge on any atom is 0.0522 e. The van der Waals surface area contributed by atoms with E-state index in [0.717, 1.165) is 6.54 Å². The molecule has 0 radical (unpaired) electrons. The lowest BCUT2D eigenvalue weighted by atomic mass is 9.96. The van der Waals surface area contributed by atoms with Gasteiger partial charge in [-0.3, -0.25) is 0 Å². The minimum atomic E-state index is -0.206. The molecule has 1 rings (SSSR count). The Labute approximate surface area is 96.3 Å². The van der Waals surface area contributed by atoms with Gasteiger partial charge in [-0.15, -0.1) is 0 Å². The summed E-state index contributed by atoms with van der Waals surface area (Å²) in [4.78, 5) is 2.84. The maximum absolute atomic E-state index is 8.42. The third-order valence-corrected chi connectivity index (χ3v) is 2.86. The van der Waals surface area contributed by atoms with E-state index in [9.17, 15) is 0 Å². The number of nitrogens with zero attached hydrogens (tertiary/aromatic N) is 3. The Morgan fingerprint density at radius 3 is 2.56 bits per heavy atom. The van der Waals surface area contributed by atoms with Crippen LogP contribution in [0.5, 0.6) is 0 Å². The first-order chi connectivity index (χ1) is 7.56. The monoisotopic (exact) mass is 218 g/mol. The SMILES string of the molecule is CC(N=[N+]=[N-])C(C)(C)NCc1ccccc1. The Kier molecular flexibility index (Phi) is 4.35. The van der Waals surface area contributed by atoms with Crippen molar-refractivity contribution in [3.05, 3.63) is 46.3 Å². The van der Waals surface area contributed by atoms with Gasteiger partial charge in [0.1, 0.15) is 0 Å². The largest absolute Gasteiger partial charge is 0.307 e. The van der Waals surface area contributed by atoms with E-state index in [1.165, 1.54) is 5.56 Å². The fourth-order valence-electron chi connectivity index (χ4n) is 1.30. The van der Waals surface area contributed by atoms with Crippen LogP contribution in [0.2, 0.25) is 0 Å². The second kappa shape index (κ2) is 5.54. The average Bonchev–Trinajstić information content (AvgIpc) is 2.28. The van der Waals surface area contributed by atoms with E-state index in [1.54, 1.807) is 0 Å². The normalized spacial score (nSPS) is 12.9. The van der Waals surface area contributed by atoms with Crippen LogP contribution >= 0.6 is 0 Å². The Balaban J connectivity index is 2.57. The lowest BCUT2D eigenvalue weighted by Crippen LogP contribution is -2.46. The first-order valence-corrected chi connectivity index (χ1v) is 5.39. The third-order valence-electron chi connectivity index (χ3n) is 2.86. The second-order valence-electron chi connectivity index (χ2n) is 4.44. The third kappa shape index (κ3) is 3.57. The molecule has 0 fully saturated rings. The highest BCUT2D eigenvalue weighted by molar-refractivity contribution is 5.14. The van der Waals surface area contributed by atoms with Gasteiger partial charge in [0.05, 0.1) is 6.04 Å². The van der Waals surface area contributed by atoms with E-state index in [0.29, 0.717) is 0 Å². The number of nitrogens with one attached hydrogen (secondary N) is 1. The zero-order valence-corrected chi connectivity index (χ0v) is 10.0. The minimum absolute atomic E-state index is 0.0822. The van der Waals surface area contributed by atoms with Crippen LogP contribution in [0.25, 0.3) is 10.4 Å². The van der Waals surface area contributed by atoms with Gasteiger partial charge in [-0.05, 0) is 24.9 Å². The molecule has 4 nitrogen and oxygen atoms in total. The highest BCUT2D eigenvalue weighted by Gasteiger charge is 2.23. The van der Waals surface area contributed by atoms with Gasteiger partial charge >= 0.3 is 0 Å².